The predicted molar refractivity (Wildman–Crippen MR) is 76.8 cm³/mol. The summed E-state index contributed by atoms with van der Waals surface area (Å²) in [5.74, 6) is 1.17. The average molecular weight is 255 g/mol. The van der Waals surface area contributed by atoms with E-state index in [2.05, 4.69) is 49.4 Å². The van der Waals surface area contributed by atoms with Crippen LogP contribution in [0.15, 0.2) is 42.7 Å². The van der Waals surface area contributed by atoms with Crippen molar-refractivity contribution in [2.45, 2.75) is 26.3 Å². The van der Waals surface area contributed by atoms with Crippen molar-refractivity contribution in [3.8, 4) is 0 Å². The minimum absolute atomic E-state index is 0.329. The molecule has 1 heterocycles. The van der Waals surface area contributed by atoms with Crippen LogP contribution in [0.2, 0.25) is 0 Å². The van der Waals surface area contributed by atoms with Crippen LogP contribution in [0.3, 0.4) is 0 Å². The molecule has 1 fully saturated rings. The van der Waals surface area contributed by atoms with Crippen LogP contribution in [-0.2, 0) is 6.54 Å². The molecule has 0 amide bonds. The Labute approximate surface area is 114 Å². The molecule has 1 aliphatic carbocycles. The fraction of sp³-hybridized carbons (Fsp3) is 0.438. The van der Waals surface area contributed by atoms with E-state index in [1.165, 1.54) is 11.1 Å². The third-order valence-corrected chi connectivity index (χ3v) is 4.50. The van der Waals surface area contributed by atoms with Gasteiger partial charge in [-0.05, 0) is 34.9 Å². The van der Waals surface area contributed by atoms with Gasteiger partial charge >= 0.3 is 0 Å². The highest BCUT2D eigenvalue weighted by molar-refractivity contribution is 5.28. The maximum Gasteiger partial charge on any atom is 0.0659 e. The summed E-state index contributed by atoms with van der Waals surface area (Å²) in [7, 11) is 0. The second-order valence-corrected chi connectivity index (χ2v) is 6.10. The molecule has 3 nitrogen and oxygen atoms in total. The third kappa shape index (κ3) is 2.19. The van der Waals surface area contributed by atoms with Crippen LogP contribution >= 0.6 is 0 Å². The molecular formula is C16H21N3. The first-order chi connectivity index (χ1) is 9.13. The molecule has 1 aromatic carbocycles. The number of nitrogens with two attached hydrogens (primary N) is 1. The van der Waals surface area contributed by atoms with Gasteiger partial charge in [-0.1, -0.05) is 44.2 Å². The van der Waals surface area contributed by atoms with Crippen molar-refractivity contribution < 1.29 is 0 Å². The van der Waals surface area contributed by atoms with E-state index in [4.69, 9.17) is 5.73 Å². The van der Waals surface area contributed by atoms with E-state index in [9.17, 15) is 0 Å². The lowest BCUT2D eigenvalue weighted by Gasteiger charge is -2.01. The molecule has 0 saturated heterocycles. The van der Waals surface area contributed by atoms with E-state index < -0.39 is 0 Å². The van der Waals surface area contributed by atoms with Crippen molar-refractivity contribution in [1.82, 2.24) is 9.78 Å². The second-order valence-electron chi connectivity index (χ2n) is 6.10. The van der Waals surface area contributed by atoms with Crippen molar-refractivity contribution in [3.63, 3.8) is 0 Å². The normalized spacial score (nSPS) is 24.4. The fourth-order valence-corrected chi connectivity index (χ4v) is 3.24. The molecule has 0 radical (unpaired) electrons. The minimum Gasteiger partial charge on any atom is -0.330 e. The van der Waals surface area contributed by atoms with Crippen LogP contribution in [0.4, 0.5) is 0 Å². The van der Waals surface area contributed by atoms with Gasteiger partial charge in [-0.3, -0.25) is 4.68 Å². The quantitative estimate of drug-likeness (QED) is 0.912. The molecule has 100 valence electrons. The molecule has 0 spiro atoms. The van der Waals surface area contributed by atoms with E-state index in [0.29, 0.717) is 17.3 Å². The first kappa shape index (κ1) is 12.4. The summed E-state index contributed by atoms with van der Waals surface area (Å²) in [6.07, 6.45) is 4.18. The summed E-state index contributed by atoms with van der Waals surface area (Å²) in [5, 5.41) is 4.48. The summed E-state index contributed by atoms with van der Waals surface area (Å²) < 4.78 is 2.02. The topological polar surface area (TPSA) is 43.8 Å². The molecule has 2 aromatic rings. The monoisotopic (exact) mass is 255 g/mol. The number of aromatic nitrogens is 2. The van der Waals surface area contributed by atoms with Gasteiger partial charge in [0.1, 0.15) is 0 Å². The Bertz CT molecular complexity index is 556. The SMILES string of the molecule is CC1(C)[C@@H](CN)[C@@H]1c1cnn(Cc2ccccc2)c1. The van der Waals surface area contributed by atoms with Gasteiger partial charge in [0.15, 0.2) is 0 Å². The molecule has 1 aliphatic rings. The van der Waals surface area contributed by atoms with Gasteiger partial charge in [0.25, 0.3) is 0 Å². The molecule has 3 heteroatoms. The Kier molecular flexibility index (Phi) is 2.94. The summed E-state index contributed by atoms with van der Waals surface area (Å²) in [6.45, 7) is 6.19. The highest BCUT2D eigenvalue weighted by Crippen LogP contribution is 2.63. The van der Waals surface area contributed by atoms with Crippen molar-refractivity contribution in [2.75, 3.05) is 6.54 Å². The fourth-order valence-electron chi connectivity index (χ4n) is 3.24. The molecule has 0 unspecified atom stereocenters. The standard InChI is InChI=1S/C16H21N3/c1-16(2)14(8-17)15(16)13-9-18-19(11-13)10-12-6-4-3-5-7-12/h3-7,9,11,14-15H,8,10,17H2,1-2H3/t14-,15-/m0/s1. The van der Waals surface area contributed by atoms with Crippen LogP contribution in [0, 0.1) is 11.3 Å². The average Bonchev–Trinajstić information content (AvgIpc) is 2.72. The van der Waals surface area contributed by atoms with Gasteiger partial charge in [-0.25, -0.2) is 0 Å². The maximum absolute atomic E-state index is 5.84. The van der Waals surface area contributed by atoms with E-state index in [-0.39, 0.29) is 0 Å². The zero-order valence-electron chi connectivity index (χ0n) is 11.6. The Balaban J connectivity index is 1.74. The summed E-state index contributed by atoms with van der Waals surface area (Å²) in [5.41, 5.74) is 8.78. The lowest BCUT2D eigenvalue weighted by atomic mass is 10.1. The molecule has 1 saturated carbocycles. The number of benzene rings is 1. The zero-order chi connectivity index (χ0) is 13.5. The van der Waals surface area contributed by atoms with Crippen LogP contribution in [0.1, 0.15) is 30.9 Å². The van der Waals surface area contributed by atoms with Crippen LogP contribution < -0.4 is 5.73 Å². The first-order valence-electron chi connectivity index (χ1n) is 6.89. The lowest BCUT2D eigenvalue weighted by molar-refractivity contribution is 0.558. The molecule has 1 aromatic heterocycles. The van der Waals surface area contributed by atoms with Gasteiger partial charge in [0.2, 0.25) is 0 Å². The molecule has 0 aliphatic heterocycles. The van der Waals surface area contributed by atoms with E-state index in [1.807, 2.05) is 16.9 Å². The Morgan fingerprint density at radius 1 is 1.26 bits per heavy atom. The van der Waals surface area contributed by atoms with Crippen molar-refractivity contribution in [1.29, 1.82) is 0 Å². The molecule has 19 heavy (non-hydrogen) atoms. The largest absolute Gasteiger partial charge is 0.330 e. The minimum atomic E-state index is 0.329. The molecule has 2 atom stereocenters. The molecule has 0 bridgehead atoms. The van der Waals surface area contributed by atoms with Gasteiger partial charge in [0.05, 0.1) is 12.7 Å². The highest BCUT2D eigenvalue weighted by Gasteiger charge is 2.57. The number of rotatable bonds is 4. The van der Waals surface area contributed by atoms with Gasteiger partial charge in [-0.15, -0.1) is 0 Å². The van der Waals surface area contributed by atoms with Gasteiger partial charge in [0, 0.05) is 6.20 Å². The third-order valence-electron chi connectivity index (χ3n) is 4.50. The zero-order valence-corrected chi connectivity index (χ0v) is 11.6. The molecular weight excluding hydrogens is 234 g/mol. The van der Waals surface area contributed by atoms with Crippen molar-refractivity contribution in [2.24, 2.45) is 17.1 Å². The van der Waals surface area contributed by atoms with Crippen molar-refractivity contribution in [3.05, 3.63) is 53.9 Å². The summed E-state index contributed by atoms with van der Waals surface area (Å²) >= 11 is 0. The second kappa shape index (κ2) is 4.49. The molecule has 3 rings (SSSR count). The Hall–Kier alpha value is -1.61. The lowest BCUT2D eigenvalue weighted by Crippen LogP contribution is -2.05. The summed E-state index contributed by atoms with van der Waals surface area (Å²) in [6, 6.07) is 10.4. The number of hydrogen-bond donors (Lipinski definition) is 1. The van der Waals surface area contributed by atoms with Gasteiger partial charge < -0.3 is 5.73 Å². The highest BCUT2D eigenvalue weighted by atomic mass is 15.3. The maximum atomic E-state index is 5.84. The summed E-state index contributed by atoms with van der Waals surface area (Å²) in [4.78, 5) is 0. The van der Waals surface area contributed by atoms with Crippen molar-refractivity contribution >= 4 is 0 Å². The Morgan fingerprint density at radius 2 is 2.00 bits per heavy atom. The van der Waals surface area contributed by atoms with E-state index in [1.54, 1.807) is 0 Å². The first-order valence-corrected chi connectivity index (χ1v) is 6.89. The van der Waals surface area contributed by atoms with E-state index >= 15 is 0 Å². The van der Waals surface area contributed by atoms with Crippen LogP contribution in [0.5, 0.6) is 0 Å². The van der Waals surface area contributed by atoms with Gasteiger partial charge in [-0.2, -0.15) is 5.10 Å². The smallest absolute Gasteiger partial charge is 0.0659 e. The predicted octanol–water partition coefficient (Wildman–Crippen LogP) is 2.63. The van der Waals surface area contributed by atoms with Crippen LogP contribution in [-0.4, -0.2) is 16.3 Å². The number of hydrogen-bond acceptors (Lipinski definition) is 2. The molecule has 2 N–H and O–H groups in total. The van der Waals surface area contributed by atoms with E-state index in [0.717, 1.165) is 13.1 Å². The van der Waals surface area contributed by atoms with Crippen LogP contribution in [0.25, 0.3) is 0 Å². The number of nitrogens with zero attached hydrogens (tertiary/aromatic N) is 2. The Morgan fingerprint density at radius 3 is 2.63 bits per heavy atom.